The van der Waals surface area contributed by atoms with Crippen LogP contribution in [-0.4, -0.2) is 41.4 Å². The van der Waals surface area contributed by atoms with Crippen LogP contribution in [0, 0.1) is 5.92 Å². The summed E-state index contributed by atoms with van der Waals surface area (Å²) >= 11 is 1.93. The zero-order chi connectivity index (χ0) is 10.6. The summed E-state index contributed by atoms with van der Waals surface area (Å²) in [6, 6.07) is -0.301. The van der Waals surface area contributed by atoms with Gasteiger partial charge in [0.25, 0.3) is 0 Å². The van der Waals surface area contributed by atoms with Crippen molar-refractivity contribution in [2.75, 3.05) is 24.6 Å². The fourth-order valence-electron chi connectivity index (χ4n) is 1.59. The van der Waals surface area contributed by atoms with E-state index < -0.39 is 0 Å². The fraction of sp³-hybridized carbons (Fsp3) is 0.900. The maximum absolute atomic E-state index is 11.8. The Morgan fingerprint density at radius 3 is 3.07 bits per heavy atom. The summed E-state index contributed by atoms with van der Waals surface area (Å²) in [5, 5.41) is 0. The summed E-state index contributed by atoms with van der Waals surface area (Å²) in [6.07, 6.45) is 0.733. The summed E-state index contributed by atoms with van der Waals surface area (Å²) < 4.78 is 0. The van der Waals surface area contributed by atoms with E-state index in [9.17, 15) is 4.79 Å². The van der Waals surface area contributed by atoms with Gasteiger partial charge in [0, 0.05) is 18.8 Å². The van der Waals surface area contributed by atoms with E-state index in [1.54, 1.807) is 0 Å². The highest BCUT2D eigenvalue weighted by molar-refractivity contribution is 7.99. The lowest BCUT2D eigenvalue weighted by atomic mass is 10.1. The summed E-state index contributed by atoms with van der Waals surface area (Å²) in [4.78, 5) is 13.7. The molecule has 14 heavy (non-hydrogen) atoms. The lowest BCUT2D eigenvalue weighted by molar-refractivity contribution is -0.132. The molecule has 0 aromatic carbocycles. The van der Waals surface area contributed by atoms with E-state index in [-0.39, 0.29) is 11.9 Å². The van der Waals surface area contributed by atoms with Crippen LogP contribution in [0.3, 0.4) is 0 Å². The van der Waals surface area contributed by atoms with E-state index in [1.807, 2.05) is 23.6 Å². The number of hydrogen-bond acceptors (Lipinski definition) is 3. The maximum atomic E-state index is 11.8. The third-order valence-electron chi connectivity index (χ3n) is 2.51. The Morgan fingerprint density at radius 2 is 2.43 bits per heavy atom. The number of nitrogens with two attached hydrogens (primary N) is 1. The smallest absolute Gasteiger partial charge is 0.239 e. The average Bonchev–Trinajstić information content (AvgIpc) is 2.40. The Labute approximate surface area is 90.4 Å². The third kappa shape index (κ3) is 3.17. The van der Waals surface area contributed by atoms with Gasteiger partial charge in [-0.1, -0.05) is 13.8 Å². The second-order valence-corrected chi connectivity index (χ2v) is 5.13. The van der Waals surface area contributed by atoms with Gasteiger partial charge in [0.1, 0.15) is 0 Å². The lowest BCUT2D eigenvalue weighted by Gasteiger charge is -2.25. The molecule has 0 aromatic heterocycles. The van der Waals surface area contributed by atoms with E-state index in [0.717, 1.165) is 31.0 Å². The molecule has 1 aliphatic rings. The van der Waals surface area contributed by atoms with Crippen molar-refractivity contribution in [2.45, 2.75) is 26.3 Å². The number of thioether (sulfide) groups is 1. The fourth-order valence-corrected chi connectivity index (χ4v) is 2.61. The molecule has 0 bridgehead atoms. The largest absolute Gasteiger partial charge is 0.340 e. The first-order valence-electron chi connectivity index (χ1n) is 5.27. The lowest BCUT2D eigenvalue weighted by Crippen LogP contribution is -2.45. The van der Waals surface area contributed by atoms with Crippen LogP contribution < -0.4 is 5.73 Å². The molecule has 0 saturated carbocycles. The van der Waals surface area contributed by atoms with Crippen LogP contribution in [-0.2, 0) is 4.79 Å². The molecule has 0 spiro atoms. The highest BCUT2D eigenvalue weighted by atomic mass is 32.2. The van der Waals surface area contributed by atoms with Crippen molar-refractivity contribution in [1.82, 2.24) is 4.90 Å². The van der Waals surface area contributed by atoms with Crippen LogP contribution in [0.15, 0.2) is 0 Å². The molecule has 0 aliphatic carbocycles. The highest BCUT2D eigenvalue weighted by Gasteiger charge is 2.22. The Bertz CT molecular complexity index is 199. The van der Waals surface area contributed by atoms with Gasteiger partial charge in [-0.3, -0.25) is 4.79 Å². The Kier molecular flexibility index (Phi) is 4.75. The van der Waals surface area contributed by atoms with Gasteiger partial charge in [0.2, 0.25) is 5.91 Å². The predicted molar refractivity (Wildman–Crippen MR) is 61.3 cm³/mol. The number of nitrogens with zero attached hydrogens (tertiary/aromatic N) is 1. The third-order valence-corrected chi connectivity index (χ3v) is 3.78. The molecule has 82 valence electrons. The van der Waals surface area contributed by atoms with Crippen LogP contribution in [0.2, 0.25) is 0 Å². The van der Waals surface area contributed by atoms with Crippen molar-refractivity contribution in [3.05, 3.63) is 0 Å². The van der Waals surface area contributed by atoms with Crippen LogP contribution in [0.1, 0.15) is 20.3 Å². The molecule has 2 unspecified atom stereocenters. The molecule has 3 nitrogen and oxygen atoms in total. The van der Waals surface area contributed by atoms with Crippen LogP contribution in [0.5, 0.6) is 0 Å². The minimum absolute atomic E-state index is 0.127. The minimum atomic E-state index is -0.301. The molecule has 1 fully saturated rings. The minimum Gasteiger partial charge on any atom is -0.340 e. The van der Waals surface area contributed by atoms with Crippen molar-refractivity contribution in [2.24, 2.45) is 11.7 Å². The molecule has 1 amide bonds. The normalized spacial score (nSPS) is 25.6. The molecule has 1 heterocycles. The molecule has 4 heteroatoms. The van der Waals surface area contributed by atoms with Gasteiger partial charge in [-0.25, -0.2) is 0 Å². The van der Waals surface area contributed by atoms with Crippen LogP contribution in [0.25, 0.3) is 0 Å². The quantitative estimate of drug-likeness (QED) is 0.747. The van der Waals surface area contributed by atoms with Gasteiger partial charge in [0.05, 0.1) is 6.04 Å². The molecule has 2 N–H and O–H groups in total. The van der Waals surface area contributed by atoms with E-state index >= 15 is 0 Å². The number of amides is 1. The van der Waals surface area contributed by atoms with E-state index in [2.05, 4.69) is 6.92 Å². The zero-order valence-corrected chi connectivity index (χ0v) is 9.85. The van der Waals surface area contributed by atoms with Crippen molar-refractivity contribution in [3.8, 4) is 0 Å². The van der Waals surface area contributed by atoms with Gasteiger partial charge in [-0.15, -0.1) is 0 Å². The van der Waals surface area contributed by atoms with Crippen molar-refractivity contribution < 1.29 is 4.79 Å². The Balaban J connectivity index is 2.52. The monoisotopic (exact) mass is 216 g/mol. The topological polar surface area (TPSA) is 46.3 Å². The maximum Gasteiger partial charge on any atom is 0.239 e. The number of rotatable bonds is 2. The number of carbonyl (C=O) groups is 1. The Morgan fingerprint density at radius 1 is 1.71 bits per heavy atom. The summed E-state index contributed by atoms with van der Waals surface area (Å²) in [5.41, 5.74) is 5.75. The van der Waals surface area contributed by atoms with Gasteiger partial charge in [-0.05, 0) is 18.1 Å². The molecule has 0 aromatic rings. The molecule has 1 aliphatic heterocycles. The number of carbonyl (C=O) groups excluding carboxylic acids is 1. The van der Waals surface area contributed by atoms with E-state index in [1.165, 1.54) is 0 Å². The van der Waals surface area contributed by atoms with Gasteiger partial charge < -0.3 is 10.6 Å². The van der Waals surface area contributed by atoms with E-state index in [0.29, 0.717) is 5.92 Å². The molecule has 1 rings (SSSR count). The Hall–Kier alpha value is -0.220. The zero-order valence-electron chi connectivity index (χ0n) is 9.03. The summed E-state index contributed by atoms with van der Waals surface area (Å²) in [5.74, 6) is 2.93. The number of hydrogen-bond donors (Lipinski definition) is 1. The second kappa shape index (κ2) is 5.61. The van der Waals surface area contributed by atoms with Crippen molar-refractivity contribution in [3.63, 3.8) is 0 Å². The standard InChI is InChI=1S/C10H20N2OS/c1-3-9(11)10(13)12-4-5-14-7-8(2)6-12/h8-9H,3-7,11H2,1-2H3. The molecule has 2 atom stereocenters. The SMILES string of the molecule is CCC(N)C(=O)N1CCSCC(C)C1. The highest BCUT2D eigenvalue weighted by Crippen LogP contribution is 2.15. The molecule has 0 radical (unpaired) electrons. The van der Waals surface area contributed by atoms with Crippen molar-refractivity contribution in [1.29, 1.82) is 0 Å². The average molecular weight is 216 g/mol. The van der Waals surface area contributed by atoms with Crippen molar-refractivity contribution >= 4 is 17.7 Å². The summed E-state index contributed by atoms with van der Waals surface area (Å²) in [7, 11) is 0. The second-order valence-electron chi connectivity index (χ2n) is 3.98. The first-order valence-corrected chi connectivity index (χ1v) is 6.42. The van der Waals surface area contributed by atoms with Crippen LogP contribution in [0.4, 0.5) is 0 Å². The van der Waals surface area contributed by atoms with Crippen LogP contribution >= 0.6 is 11.8 Å². The van der Waals surface area contributed by atoms with E-state index in [4.69, 9.17) is 5.73 Å². The van der Waals surface area contributed by atoms with Gasteiger partial charge >= 0.3 is 0 Å². The van der Waals surface area contributed by atoms with Gasteiger partial charge in [-0.2, -0.15) is 11.8 Å². The first kappa shape index (κ1) is 11.9. The summed E-state index contributed by atoms with van der Waals surface area (Å²) in [6.45, 7) is 5.88. The molecular weight excluding hydrogens is 196 g/mol. The van der Waals surface area contributed by atoms with Gasteiger partial charge in [0.15, 0.2) is 0 Å². The predicted octanol–water partition coefficient (Wildman–Crippen LogP) is 0.935. The first-order chi connectivity index (χ1) is 6.65. The molecular formula is C10H20N2OS. The molecule has 1 saturated heterocycles.